The number of aliphatic hydroxyl groups is 1. The number of carbonyl (C=O) groups excluding carboxylic acids is 5. The van der Waals surface area contributed by atoms with Gasteiger partial charge in [0.1, 0.15) is 18.4 Å². The molecule has 4 aromatic carbocycles. The van der Waals surface area contributed by atoms with Crippen LogP contribution in [0.5, 0.6) is 28.7 Å². The Labute approximate surface area is 442 Å². The Balaban J connectivity index is 0.798. The first-order chi connectivity index (χ1) is 36.8. The fourth-order valence-corrected chi connectivity index (χ4v) is 11.0. The lowest BCUT2D eigenvalue weighted by molar-refractivity contribution is -0.128. The molecule has 5 aliphatic heterocycles. The minimum absolute atomic E-state index is 0.0802. The van der Waals surface area contributed by atoms with Crippen LogP contribution in [-0.4, -0.2) is 129 Å². The third-order valence-electron chi connectivity index (χ3n) is 15.8. The molecule has 5 amide bonds. The maximum Gasteiger partial charge on any atom is 0.416 e. The summed E-state index contributed by atoms with van der Waals surface area (Å²) in [5.41, 5.74) is 4.49. The average molecular weight is 1040 g/mol. The van der Waals surface area contributed by atoms with E-state index in [1.165, 1.54) is 20.3 Å². The summed E-state index contributed by atoms with van der Waals surface area (Å²) >= 11 is 0. The van der Waals surface area contributed by atoms with Gasteiger partial charge in [-0.15, -0.1) is 0 Å². The van der Waals surface area contributed by atoms with Crippen molar-refractivity contribution in [3.05, 3.63) is 101 Å². The lowest BCUT2D eigenvalue weighted by atomic mass is 9.97. The van der Waals surface area contributed by atoms with Crippen LogP contribution in [0.15, 0.2) is 79.0 Å². The number of benzene rings is 4. The fourth-order valence-electron chi connectivity index (χ4n) is 11.0. The topological polar surface area (TPSA) is 219 Å². The average Bonchev–Trinajstić information content (AvgIpc) is 3.73. The summed E-state index contributed by atoms with van der Waals surface area (Å²) in [5, 5.41) is 24.6. The molecule has 6 atom stereocenters. The predicted molar refractivity (Wildman–Crippen MR) is 283 cm³/mol. The first kappa shape index (κ1) is 52.0. The van der Waals surface area contributed by atoms with Crippen molar-refractivity contribution in [1.82, 2.24) is 20.4 Å². The van der Waals surface area contributed by atoms with Gasteiger partial charge >= 0.3 is 6.09 Å². The first-order valence-electron chi connectivity index (χ1n) is 26.3. The number of hydrogen-bond acceptors (Lipinski definition) is 14. The normalized spacial score (nSPS) is 21.6. The number of rotatable bonds is 18. The number of fused-ring (bicyclic) bond motifs is 4. The standard InChI is InChI=1S/C57H67N7O12/c1-6-33(2)50(61-51(65)42-9-7-20-58-42)52(66)60-37-14-10-34(11-15-37)31-76-56(70)64-44-27-49(47(73-5)25-41(44)54(68)63-32-57(18-19-57)28-45(63)55(64)69)75-22-8-21-74-48-26-43-40(24-46(48)72-4)53(67)62-30-36(23-38(62)29-59-43)35-12-16-39(71-3)17-13-35/h10-17,24-27,30,33,38,42,45,50,55,58-59,69H,6-9,18-23,28-29,31-32H2,1-5H3,(H,60,66)(H,61,65)/t33-,38-,42+,45-,50-,55?/m0/s1. The number of amides is 5. The molecule has 0 radical (unpaired) electrons. The molecule has 5 N–H and O–H groups in total. The maximum absolute atomic E-state index is 14.4. The molecule has 1 saturated carbocycles. The fraction of sp³-hybridized carbons (Fsp3) is 0.456. The summed E-state index contributed by atoms with van der Waals surface area (Å²) in [5.74, 6) is 1.01. The molecule has 5 heterocycles. The highest BCUT2D eigenvalue weighted by molar-refractivity contribution is 6.06. The monoisotopic (exact) mass is 1040 g/mol. The molecule has 6 aliphatic rings. The Morgan fingerprint density at radius 1 is 0.868 bits per heavy atom. The van der Waals surface area contributed by atoms with Crippen LogP contribution < -0.4 is 49.9 Å². The van der Waals surface area contributed by atoms with Crippen LogP contribution >= 0.6 is 0 Å². The molecule has 19 nitrogen and oxygen atoms in total. The van der Waals surface area contributed by atoms with E-state index < -0.39 is 24.4 Å². The smallest absolute Gasteiger partial charge is 0.416 e. The van der Waals surface area contributed by atoms with E-state index in [1.54, 1.807) is 59.4 Å². The Bertz CT molecular complexity index is 2880. The van der Waals surface area contributed by atoms with Gasteiger partial charge in [-0.2, -0.15) is 0 Å². The van der Waals surface area contributed by atoms with Crippen molar-refractivity contribution < 1.29 is 57.5 Å². The van der Waals surface area contributed by atoms with Crippen molar-refractivity contribution >= 4 is 52.4 Å². The van der Waals surface area contributed by atoms with Gasteiger partial charge in [-0.25, -0.2) is 9.69 Å². The predicted octanol–water partition coefficient (Wildman–Crippen LogP) is 6.93. The van der Waals surface area contributed by atoms with Crippen molar-refractivity contribution in [2.45, 2.75) is 102 Å². The quantitative estimate of drug-likeness (QED) is 0.0639. The van der Waals surface area contributed by atoms with Crippen molar-refractivity contribution in [3.63, 3.8) is 0 Å². The molecular formula is C57H67N7O12. The summed E-state index contributed by atoms with van der Waals surface area (Å²) in [6.45, 7) is 5.82. The van der Waals surface area contributed by atoms with Crippen LogP contribution in [0.2, 0.25) is 0 Å². The number of carbonyl (C=O) groups is 5. The van der Waals surface area contributed by atoms with Gasteiger partial charge in [0.15, 0.2) is 29.2 Å². The summed E-state index contributed by atoms with van der Waals surface area (Å²) in [4.78, 5) is 73.7. The van der Waals surface area contributed by atoms with E-state index in [-0.39, 0.29) is 89.6 Å². The Morgan fingerprint density at radius 2 is 1.58 bits per heavy atom. The zero-order valence-corrected chi connectivity index (χ0v) is 43.6. The van der Waals surface area contributed by atoms with Gasteiger partial charge in [-0.1, -0.05) is 44.5 Å². The van der Waals surface area contributed by atoms with Crippen LogP contribution in [0.3, 0.4) is 0 Å². The highest BCUT2D eigenvalue weighted by Gasteiger charge is 2.58. The highest BCUT2D eigenvalue weighted by Crippen LogP contribution is 2.57. The molecule has 4 aromatic rings. The van der Waals surface area contributed by atoms with Crippen LogP contribution in [0.25, 0.3) is 5.57 Å². The Kier molecular flexibility index (Phi) is 15.0. The summed E-state index contributed by atoms with van der Waals surface area (Å²) in [7, 11) is 4.62. The highest BCUT2D eigenvalue weighted by atomic mass is 16.6. The molecule has 1 unspecified atom stereocenters. The van der Waals surface area contributed by atoms with E-state index in [4.69, 9.17) is 28.4 Å². The molecule has 10 rings (SSSR count). The number of anilines is 3. The molecule has 76 heavy (non-hydrogen) atoms. The van der Waals surface area contributed by atoms with Gasteiger partial charge in [0.25, 0.3) is 11.8 Å². The number of nitrogens with zero attached hydrogens (tertiary/aromatic N) is 3. The molecule has 2 saturated heterocycles. The third kappa shape index (κ3) is 10.5. The first-order valence-corrected chi connectivity index (χ1v) is 26.3. The van der Waals surface area contributed by atoms with Gasteiger partial charge in [0, 0.05) is 43.5 Å². The van der Waals surface area contributed by atoms with E-state index in [9.17, 15) is 29.1 Å². The van der Waals surface area contributed by atoms with Crippen molar-refractivity contribution in [2.75, 3.05) is 69.7 Å². The summed E-state index contributed by atoms with van der Waals surface area (Å²) in [6, 6.07) is 19.4. The van der Waals surface area contributed by atoms with Crippen molar-refractivity contribution in [1.29, 1.82) is 0 Å². The second-order valence-corrected chi connectivity index (χ2v) is 20.7. The molecule has 19 heteroatoms. The van der Waals surface area contributed by atoms with E-state index in [1.807, 2.05) is 44.3 Å². The number of hydrogen-bond donors (Lipinski definition) is 5. The van der Waals surface area contributed by atoms with Crippen molar-refractivity contribution in [2.24, 2.45) is 11.3 Å². The number of nitrogens with one attached hydrogen (secondary N) is 4. The summed E-state index contributed by atoms with van der Waals surface area (Å²) in [6.07, 6.45) is 5.42. The van der Waals surface area contributed by atoms with Gasteiger partial charge < -0.3 is 64.6 Å². The van der Waals surface area contributed by atoms with Crippen molar-refractivity contribution in [3.8, 4) is 28.7 Å². The van der Waals surface area contributed by atoms with E-state index in [2.05, 4.69) is 21.3 Å². The summed E-state index contributed by atoms with van der Waals surface area (Å²) < 4.78 is 35.2. The van der Waals surface area contributed by atoms with Gasteiger partial charge in [-0.05, 0) is 110 Å². The number of aliphatic hydroxyl groups excluding tert-OH is 1. The van der Waals surface area contributed by atoms with E-state index >= 15 is 0 Å². The molecule has 0 bridgehead atoms. The second kappa shape index (κ2) is 22.0. The lowest BCUT2D eigenvalue weighted by Gasteiger charge is -2.31. The molecule has 1 spiro atoms. The van der Waals surface area contributed by atoms with Gasteiger partial charge in [0.05, 0.1) is 75.2 Å². The zero-order valence-electron chi connectivity index (χ0n) is 43.6. The van der Waals surface area contributed by atoms with Crippen LogP contribution in [-0.2, 0) is 20.9 Å². The Hall–Kier alpha value is -7.51. The Morgan fingerprint density at radius 3 is 2.24 bits per heavy atom. The molecule has 1 aliphatic carbocycles. The molecular weight excluding hydrogens is 975 g/mol. The van der Waals surface area contributed by atoms with Crippen LogP contribution in [0.4, 0.5) is 21.9 Å². The lowest BCUT2D eigenvalue weighted by Crippen LogP contribution is -2.52. The van der Waals surface area contributed by atoms with Crippen LogP contribution in [0, 0.1) is 11.3 Å². The number of methoxy groups -OCH3 is 3. The SMILES string of the molecule is CC[C@H](C)[C@H](NC(=O)[C@H]1CCCN1)C(=O)Nc1ccc(COC(=O)N2c3cc(OCCCOc4cc5c(cc4OC)C(=O)N4C=C(c6ccc(OC)cc6)C[C@H]4CN5)c(OC)cc3C(=O)N3CC4(CC4)C[C@H]3C2O)cc1. The third-order valence-corrected chi connectivity index (χ3v) is 15.8. The zero-order chi connectivity index (χ0) is 53.3. The van der Waals surface area contributed by atoms with E-state index in [0.29, 0.717) is 72.8 Å². The molecule has 0 aromatic heterocycles. The second-order valence-electron chi connectivity index (χ2n) is 20.7. The largest absolute Gasteiger partial charge is 0.497 e. The molecule has 402 valence electrons. The van der Waals surface area contributed by atoms with Crippen LogP contribution in [0.1, 0.15) is 97.1 Å². The minimum Gasteiger partial charge on any atom is -0.497 e. The maximum atomic E-state index is 14.4. The number of ether oxygens (including phenoxy) is 6. The van der Waals surface area contributed by atoms with E-state index in [0.717, 1.165) is 54.0 Å². The molecule has 3 fully saturated rings. The van der Waals surface area contributed by atoms with Gasteiger partial charge in [-0.3, -0.25) is 19.2 Å². The van der Waals surface area contributed by atoms with Gasteiger partial charge in [0.2, 0.25) is 11.8 Å². The minimum atomic E-state index is -1.43.